The van der Waals surface area contributed by atoms with Gasteiger partial charge in [-0.25, -0.2) is 0 Å². The zero-order chi connectivity index (χ0) is 14.1. The van der Waals surface area contributed by atoms with Gasteiger partial charge in [0.1, 0.15) is 0 Å². The molecule has 1 aromatic rings. The van der Waals surface area contributed by atoms with E-state index in [1.165, 1.54) is 6.07 Å². The van der Waals surface area contributed by atoms with Crippen molar-refractivity contribution < 1.29 is 4.79 Å². The number of halogens is 4. The molecule has 0 N–H and O–H groups in total. The summed E-state index contributed by atoms with van der Waals surface area (Å²) in [6.45, 7) is 6.20. The van der Waals surface area contributed by atoms with Crippen molar-refractivity contribution in [3.63, 3.8) is 0 Å². The monoisotopic (exact) mass is 326 g/mol. The molecule has 0 saturated heterocycles. The second-order valence-corrected chi connectivity index (χ2v) is 6.90. The van der Waals surface area contributed by atoms with Gasteiger partial charge < -0.3 is 0 Å². The fraction of sp³-hybridized carbons (Fsp3) is 0.462. The lowest BCUT2D eigenvalue weighted by Crippen LogP contribution is -2.10. The van der Waals surface area contributed by atoms with E-state index in [2.05, 4.69) is 20.8 Å². The number of carbonyl (C=O) groups is 1. The third-order valence-corrected chi connectivity index (χ3v) is 4.06. The molecule has 1 aromatic carbocycles. The topological polar surface area (TPSA) is 17.1 Å². The van der Waals surface area contributed by atoms with Crippen molar-refractivity contribution in [2.24, 2.45) is 5.41 Å². The maximum atomic E-state index is 12.1. The van der Waals surface area contributed by atoms with E-state index >= 15 is 0 Å². The molecule has 1 rings (SSSR count). The van der Waals surface area contributed by atoms with Gasteiger partial charge in [0.15, 0.2) is 5.78 Å². The average molecular weight is 328 g/mol. The SMILES string of the molecule is CC(C)(C)CCC(=O)c1c(Cl)cc(Cl)c(Cl)c1Cl. The minimum atomic E-state index is -0.113. The molecule has 0 heterocycles. The second-order valence-electron chi connectivity index (χ2n) is 5.33. The van der Waals surface area contributed by atoms with Gasteiger partial charge in [0.05, 0.1) is 25.7 Å². The normalized spacial score (nSPS) is 11.7. The van der Waals surface area contributed by atoms with Crippen LogP contribution in [0.15, 0.2) is 6.07 Å². The molecular weight excluding hydrogens is 314 g/mol. The smallest absolute Gasteiger partial charge is 0.165 e. The lowest BCUT2D eigenvalue weighted by molar-refractivity contribution is 0.0966. The minimum absolute atomic E-state index is 0.0742. The van der Waals surface area contributed by atoms with Gasteiger partial charge in [-0.15, -0.1) is 0 Å². The van der Waals surface area contributed by atoms with Crippen LogP contribution in [0.25, 0.3) is 0 Å². The number of Topliss-reactive ketones (excluding diaryl/α,β-unsaturated/α-hetero) is 1. The Morgan fingerprint density at radius 1 is 1.06 bits per heavy atom. The molecule has 0 aliphatic rings. The Hall–Kier alpha value is 0.0500. The minimum Gasteiger partial charge on any atom is -0.294 e. The summed E-state index contributed by atoms with van der Waals surface area (Å²) in [6.07, 6.45) is 1.12. The highest BCUT2D eigenvalue weighted by molar-refractivity contribution is 6.51. The van der Waals surface area contributed by atoms with Gasteiger partial charge in [-0.05, 0) is 17.9 Å². The highest BCUT2D eigenvalue weighted by atomic mass is 35.5. The van der Waals surface area contributed by atoms with Crippen LogP contribution in [0.2, 0.25) is 20.1 Å². The first-order valence-electron chi connectivity index (χ1n) is 5.49. The highest BCUT2D eigenvalue weighted by Gasteiger charge is 2.21. The lowest BCUT2D eigenvalue weighted by atomic mass is 9.88. The highest BCUT2D eigenvalue weighted by Crippen LogP contribution is 2.38. The first-order chi connectivity index (χ1) is 8.13. The molecule has 1 nitrogen and oxygen atoms in total. The Balaban J connectivity index is 3.04. The van der Waals surface area contributed by atoms with E-state index < -0.39 is 0 Å². The van der Waals surface area contributed by atoms with E-state index in [4.69, 9.17) is 46.4 Å². The maximum Gasteiger partial charge on any atom is 0.165 e. The van der Waals surface area contributed by atoms with Gasteiger partial charge in [-0.3, -0.25) is 4.79 Å². The Kier molecular flexibility index (Phi) is 5.37. The van der Waals surface area contributed by atoms with Crippen LogP contribution >= 0.6 is 46.4 Å². The van der Waals surface area contributed by atoms with Crippen LogP contribution in [-0.2, 0) is 0 Å². The number of rotatable bonds is 3. The van der Waals surface area contributed by atoms with E-state index in [0.29, 0.717) is 6.42 Å². The van der Waals surface area contributed by atoms with Crippen LogP contribution in [0.1, 0.15) is 44.0 Å². The van der Waals surface area contributed by atoms with E-state index in [1.807, 2.05) is 0 Å². The Bertz CT molecular complexity index is 475. The summed E-state index contributed by atoms with van der Waals surface area (Å²) < 4.78 is 0. The van der Waals surface area contributed by atoms with Crippen LogP contribution < -0.4 is 0 Å². The summed E-state index contributed by atoms with van der Waals surface area (Å²) in [4.78, 5) is 12.1. The molecule has 5 heteroatoms. The van der Waals surface area contributed by atoms with Crippen molar-refractivity contribution in [3.05, 3.63) is 31.7 Å². The van der Waals surface area contributed by atoms with Crippen LogP contribution in [0.4, 0.5) is 0 Å². The molecule has 0 aliphatic carbocycles. The molecule has 0 spiro atoms. The molecular formula is C13H14Cl4O. The molecule has 0 saturated carbocycles. The van der Waals surface area contributed by atoms with Crippen molar-refractivity contribution in [2.75, 3.05) is 0 Å². The number of carbonyl (C=O) groups excluding carboxylic acids is 1. The summed E-state index contributed by atoms with van der Waals surface area (Å²) in [5.41, 5.74) is 0.335. The molecule has 0 atom stereocenters. The van der Waals surface area contributed by atoms with Crippen molar-refractivity contribution in [1.82, 2.24) is 0 Å². The third kappa shape index (κ3) is 4.03. The van der Waals surface area contributed by atoms with Gasteiger partial charge in [-0.1, -0.05) is 67.2 Å². The van der Waals surface area contributed by atoms with Crippen molar-refractivity contribution >= 4 is 52.2 Å². The molecule has 0 radical (unpaired) electrons. The van der Waals surface area contributed by atoms with Gasteiger partial charge in [0.2, 0.25) is 0 Å². The standard InChI is InChI=1S/C13H14Cl4O/c1-13(2,3)5-4-9(18)10-7(14)6-8(15)11(16)12(10)17/h6H,4-5H2,1-3H3. The first kappa shape index (κ1) is 16.1. The van der Waals surface area contributed by atoms with Gasteiger partial charge >= 0.3 is 0 Å². The molecule has 0 fully saturated rings. The van der Waals surface area contributed by atoms with Gasteiger partial charge in [0, 0.05) is 6.42 Å². The summed E-state index contributed by atoms with van der Waals surface area (Å²) in [6, 6.07) is 1.45. The number of ketones is 1. The zero-order valence-corrected chi connectivity index (χ0v) is 13.4. The van der Waals surface area contributed by atoms with Gasteiger partial charge in [0.25, 0.3) is 0 Å². The van der Waals surface area contributed by atoms with Crippen LogP contribution in [0.5, 0.6) is 0 Å². The zero-order valence-electron chi connectivity index (χ0n) is 10.4. The van der Waals surface area contributed by atoms with Crippen molar-refractivity contribution in [1.29, 1.82) is 0 Å². The predicted molar refractivity (Wildman–Crippen MR) is 79.5 cm³/mol. The quantitative estimate of drug-likeness (QED) is 0.361. The Labute approximate surface area is 127 Å². The third-order valence-electron chi connectivity index (χ3n) is 2.50. The summed E-state index contributed by atoms with van der Waals surface area (Å²) in [5, 5.41) is 0.794. The Morgan fingerprint density at radius 3 is 2.11 bits per heavy atom. The largest absolute Gasteiger partial charge is 0.294 e. The molecule has 0 amide bonds. The first-order valence-corrected chi connectivity index (χ1v) is 7.01. The predicted octanol–water partition coefficient (Wildman–Crippen LogP) is 6.31. The molecule has 0 aromatic heterocycles. The maximum absolute atomic E-state index is 12.1. The molecule has 100 valence electrons. The fourth-order valence-electron chi connectivity index (χ4n) is 1.44. The van der Waals surface area contributed by atoms with Crippen molar-refractivity contribution in [3.8, 4) is 0 Å². The lowest BCUT2D eigenvalue weighted by Gasteiger charge is -2.17. The molecule has 0 unspecified atom stereocenters. The van der Waals surface area contributed by atoms with Gasteiger partial charge in [-0.2, -0.15) is 0 Å². The number of hydrogen-bond donors (Lipinski definition) is 0. The number of hydrogen-bond acceptors (Lipinski definition) is 1. The molecule has 0 bridgehead atoms. The number of benzene rings is 1. The molecule has 0 aliphatic heterocycles. The van der Waals surface area contributed by atoms with E-state index in [1.54, 1.807) is 0 Å². The average Bonchev–Trinajstić information content (AvgIpc) is 2.22. The van der Waals surface area contributed by atoms with E-state index in [0.717, 1.165) is 6.42 Å². The van der Waals surface area contributed by atoms with Crippen LogP contribution in [0, 0.1) is 5.41 Å². The second kappa shape index (κ2) is 6.00. The summed E-state index contributed by atoms with van der Waals surface area (Å²) in [7, 11) is 0. The fourth-order valence-corrected chi connectivity index (χ4v) is 2.56. The van der Waals surface area contributed by atoms with Crippen molar-refractivity contribution in [2.45, 2.75) is 33.6 Å². The Morgan fingerprint density at radius 2 is 1.61 bits per heavy atom. The summed E-state index contributed by atoms with van der Waals surface area (Å²) in [5.74, 6) is -0.113. The van der Waals surface area contributed by atoms with Crippen LogP contribution in [0.3, 0.4) is 0 Å². The van der Waals surface area contributed by atoms with E-state index in [9.17, 15) is 4.79 Å². The summed E-state index contributed by atoms with van der Waals surface area (Å²) >= 11 is 23.8. The van der Waals surface area contributed by atoms with E-state index in [-0.39, 0.29) is 36.9 Å². The molecule has 18 heavy (non-hydrogen) atoms. The van der Waals surface area contributed by atoms with Crippen LogP contribution in [-0.4, -0.2) is 5.78 Å².